The first-order valence-corrected chi connectivity index (χ1v) is 8.19. The lowest BCUT2D eigenvalue weighted by atomic mass is 10.0. The van der Waals surface area contributed by atoms with Gasteiger partial charge in [0.15, 0.2) is 0 Å². The minimum absolute atomic E-state index is 0.273. The maximum atomic E-state index is 4.34. The second-order valence-electron chi connectivity index (χ2n) is 2.97. The van der Waals surface area contributed by atoms with Crippen molar-refractivity contribution >= 4 is 30.8 Å². The average molecular weight is 210 g/mol. The topological polar surface area (TPSA) is 0 Å². The van der Waals surface area contributed by atoms with E-state index < -0.39 is 0 Å². The summed E-state index contributed by atoms with van der Waals surface area (Å²) in [5.74, 6) is 0.871. The van der Waals surface area contributed by atoms with Crippen LogP contribution in [0.3, 0.4) is 0 Å². The van der Waals surface area contributed by atoms with Gasteiger partial charge >= 0.3 is 0 Å². The highest BCUT2D eigenvalue weighted by Gasteiger charge is 2.08. The fourth-order valence-electron chi connectivity index (χ4n) is 1.15. The van der Waals surface area contributed by atoms with E-state index in [-0.39, 0.29) is 6.33 Å². The van der Waals surface area contributed by atoms with Gasteiger partial charge in [0.25, 0.3) is 0 Å². The van der Waals surface area contributed by atoms with Crippen LogP contribution in [0.1, 0.15) is 39.5 Å². The molecule has 0 radical (unpaired) electrons. The van der Waals surface area contributed by atoms with Gasteiger partial charge < -0.3 is 0 Å². The Balaban J connectivity index is 3.41. The van der Waals surface area contributed by atoms with Crippen LogP contribution >= 0.6 is 30.8 Å². The standard InChI is InChI=1S/C8H19PS2/c1-3-5-6-8(4-2)7-9(10)11/h8,10-11H,3-7H2,1-2H3. The molecule has 0 aromatic heterocycles. The van der Waals surface area contributed by atoms with Crippen molar-refractivity contribution in [2.75, 3.05) is 6.16 Å². The monoisotopic (exact) mass is 210 g/mol. The lowest BCUT2D eigenvalue weighted by Gasteiger charge is -2.15. The van der Waals surface area contributed by atoms with Gasteiger partial charge in [-0.05, 0) is 12.1 Å². The SMILES string of the molecule is CCCCC(CC)CP(S)S. The van der Waals surface area contributed by atoms with Gasteiger partial charge in [-0.15, -0.1) is 24.5 Å². The van der Waals surface area contributed by atoms with Gasteiger partial charge in [-0.2, -0.15) is 0 Å². The Morgan fingerprint density at radius 2 is 1.91 bits per heavy atom. The molecule has 0 N–H and O–H groups in total. The molecule has 0 rings (SSSR count). The highest BCUT2D eigenvalue weighted by Crippen LogP contribution is 2.47. The molecule has 0 aliphatic rings. The van der Waals surface area contributed by atoms with Crippen LogP contribution in [0.15, 0.2) is 0 Å². The summed E-state index contributed by atoms with van der Waals surface area (Å²) in [6.45, 7) is 4.51. The van der Waals surface area contributed by atoms with E-state index in [9.17, 15) is 0 Å². The van der Waals surface area contributed by atoms with Crippen molar-refractivity contribution < 1.29 is 0 Å². The first kappa shape index (κ1) is 12.1. The molecule has 0 bridgehead atoms. The molecule has 68 valence electrons. The number of hydrogen-bond donors (Lipinski definition) is 2. The predicted molar refractivity (Wildman–Crippen MR) is 63.1 cm³/mol. The third-order valence-electron chi connectivity index (χ3n) is 1.96. The molecule has 0 heterocycles. The zero-order valence-electron chi connectivity index (χ0n) is 7.45. The summed E-state index contributed by atoms with van der Waals surface area (Å²) in [6.07, 6.45) is 6.28. The lowest BCUT2D eigenvalue weighted by molar-refractivity contribution is 0.499. The third-order valence-corrected chi connectivity index (χ3v) is 3.79. The normalized spacial score (nSPS) is 13.9. The van der Waals surface area contributed by atoms with E-state index in [0.717, 1.165) is 5.92 Å². The van der Waals surface area contributed by atoms with Crippen LogP contribution in [-0.4, -0.2) is 6.16 Å². The molecule has 1 atom stereocenters. The molecular weight excluding hydrogens is 191 g/mol. The van der Waals surface area contributed by atoms with Crippen molar-refractivity contribution in [2.24, 2.45) is 5.92 Å². The molecule has 0 spiro atoms. The number of rotatable bonds is 6. The largest absolute Gasteiger partial charge is 0.140 e. The summed E-state index contributed by atoms with van der Waals surface area (Å²) in [5.41, 5.74) is 0. The quantitative estimate of drug-likeness (QED) is 0.472. The van der Waals surface area contributed by atoms with Gasteiger partial charge in [-0.1, -0.05) is 39.5 Å². The fraction of sp³-hybridized carbons (Fsp3) is 1.00. The van der Waals surface area contributed by atoms with Gasteiger partial charge in [0.2, 0.25) is 0 Å². The molecule has 0 aliphatic heterocycles. The fourth-order valence-corrected chi connectivity index (χ4v) is 3.44. The summed E-state index contributed by atoms with van der Waals surface area (Å²) in [7, 11) is 0. The van der Waals surface area contributed by atoms with Crippen molar-refractivity contribution in [3.05, 3.63) is 0 Å². The number of hydrogen-bond acceptors (Lipinski definition) is 2. The molecule has 0 aromatic carbocycles. The smallest absolute Gasteiger partial charge is 0.00592 e. The van der Waals surface area contributed by atoms with Gasteiger partial charge in [-0.25, -0.2) is 0 Å². The molecule has 0 amide bonds. The van der Waals surface area contributed by atoms with Gasteiger partial charge in [0.1, 0.15) is 0 Å². The van der Waals surface area contributed by atoms with Crippen LogP contribution in [0.4, 0.5) is 0 Å². The Morgan fingerprint density at radius 1 is 1.27 bits per heavy atom. The van der Waals surface area contributed by atoms with Gasteiger partial charge in [0.05, 0.1) is 0 Å². The molecule has 0 saturated carbocycles. The van der Waals surface area contributed by atoms with Crippen LogP contribution in [0.2, 0.25) is 0 Å². The van der Waals surface area contributed by atoms with E-state index in [2.05, 4.69) is 38.3 Å². The van der Waals surface area contributed by atoms with Crippen LogP contribution in [0, 0.1) is 5.92 Å². The van der Waals surface area contributed by atoms with E-state index in [1.54, 1.807) is 0 Å². The Kier molecular flexibility index (Phi) is 8.56. The van der Waals surface area contributed by atoms with Gasteiger partial charge in [0, 0.05) is 6.33 Å². The van der Waals surface area contributed by atoms with E-state index in [1.807, 2.05) is 0 Å². The Labute approximate surface area is 82.6 Å². The van der Waals surface area contributed by atoms with Crippen molar-refractivity contribution in [1.29, 1.82) is 0 Å². The molecule has 0 saturated heterocycles. The van der Waals surface area contributed by atoms with Crippen LogP contribution in [-0.2, 0) is 0 Å². The number of unbranched alkanes of at least 4 members (excludes halogenated alkanes) is 1. The van der Waals surface area contributed by atoms with Crippen molar-refractivity contribution in [1.82, 2.24) is 0 Å². The van der Waals surface area contributed by atoms with E-state index in [0.29, 0.717) is 0 Å². The number of thiol groups is 2. The summed E-state index contributed by atoms with van der Waals surface area (Å²) in [4.78, 5) is 0. The minimum Gasteiger partial charge on any atom is -0.140 e. The van der Waals surface area contributed by atoms with Crippen molar-refractivity contribution in [2.45, 2.75) is 39.5 Å². The van der Waals surface area contributed by atoms with Crippen molar-refractivity contribution in [3.63, 3.8) is 0 Å². The maximum absolute atomic E-state index is 4.34. The Hall–Kier alpha value is 1.13. The maximum Gasteiger partial charge on any atom is 0.00592 e. The molecule has 1 unspecified atom stereocenters. The van der Waals surface area contributed by atoms with E-state index in [1.165, 1.54) is 31.8 Å². The molecule has 0 aromatic rings. The Morgan fingerprint density at radius 3 is 2.27 bits per heavy atom. The summed E-state index contributed by atoms with van der Waals surface area (Å²) < 4.78 is 0. The highest BCUT2D eigenvalue weighted by molar-refractivity contribution is 8.78. The average Bonchev–Trinajstić information content (AvgIpc) is 1.97. The van der Waals surface area contributed by atoms with E-state index in [4.69, 9.17) is 0 Å². The highest BCUT2D eigenvalue weighted by atomic mass is 33.1. The first-order valence-electron chi connectivity index (χ1n) is 4.36. The molecule has 3 heteroatoms. The van der Waals surface area contributed by atoms with E-state index >= 15 is 0 Å². The van der Waals surface area contributed by atoms with Crippen molar-refractivity contribution in [3.8, 4) is 0 Å². The van der Waals surface area contributed by atoms with Crippen LogP contribution in [0.25, 0.3) is 0 Å². The first-order chi connectivity index (χ1) is 5.20. The second kappa shape index (κ2) is 7.76. The molecule has 0 fully saturated rings. The second-order valence-corrected chi connectivity index (χ2v) is 7.92. The summed E-state index contributed by atoms with van der Waals surface area (Å²) in [6, 6.07) is 0. The predicted octanol–water partition coefficient (Wildman–Crippen LogP) is 4.37. The van der Waals surface area contributed by atoms with Crippen LogP contribution in [0.5, 0.6) is 0 Å². The molecule has 0 nitrogen and oxygen atoms in total. The third kappa shape index (κ3) is 7.49. The molecular formula is C8H19PS2. The summed E-state index contributed by atoms with van der Waals surface area (Å²) in [5, 5.41) is 0. The Bertz CT molecular complexity index is 86.2. The molecule has 0 aliphatic carbocycles. The molecule has 11 heavy (non-hydrogen) atoms. The zero-order valence-corrected chi connectivity index (χ0v) is 10.1. The van der Waals surface area contributed by atoms with Gasteiger partial charge in [-0.3, -0.25) is 0 Å². The zero-order chi connectivity index (χ0) is 8.69. The van der Waals surface area contributed by atoms with Crippen LogP contribution < -0.4 is 0 Å². The lowest BCUT2D eigenvalue weighted by Crippen LogP contribution is -2.01. The summed E-state index contributed by atoms with van der Waals surface area (Å²) >= 11 is 8.68. The minimum atomic E-state index is -0.273.